The fraction of sp³-hybridized carbons (Fsp3) is 0.250. The van der Waals surface area contributed by atoms with Gasteiger partial charge < -0.3 is 14.6 Å². The molecule has 1 amide bonds. The Bertz CT molecular complexity index is 579. The van der Waals surface area contributed by atoms with Crippen molar-refractivity contribution < 1.29 is 14.3 Å². The summed E-state index contributed by atoms with van der Waals surface area (Å²) in [5.74, 6) is -0.685. The quantitative estimate of drug-likeness (QED) is 0.823. The third kappa shape index (κ3) is 3.95. The average molecular weight is 286 g/mol. The Hall–Kier alpha value is -2.56. The fourth-order valence-electron chi connectivity index (χ4n) is 2.08. The van der Waals surface area contributed by atoms with Crippen LogP contribution in [-0.2, 0) is 14.3 Å². The molecule has 0 aliphatic rings. The van der Waals surface area contributed by atoms with Gasteiger partial charge in [-0.1, -0.05) is 30.3 Å². The van der Waals surface area contributed by atoms with Crippen molar-refractivity contribution in [1.82, 2.24) is 9.88 Å². The van der Waals surface area contributed by atoms with E-state index in [-0.39, 0.29) is 12.5 Å². The summed E-state index contributed by atoms with van der Waals surface area (Å²) >= 11 is 0. The van der Waals surface area contributed by atoms with Crippen molar-refractivity contribution >= 4 is 11.9 Å². The van der Waals surface area contributed by atoms with E-state index < -0.39 is 12.0 Å². The second-order valence-electron chi connectivity index (χ2n) is 4.47. The van der Waals surface area contributed by atoms with Crippen LogP contribution >= 0.6 is 0 Å². The molecule has 0 spiro atoms. The van der Waals surface area contributed by atoms with Gasteiger partial charge in [-0.2, -0.15) is 0 Å². The van der Waals surface area contributed by atoms with Crippen molar-refractivity contribution in [3.63, 3.8) is 0 Å². The number of amides is 1. The lowest BCUT2D eigenvalue weighted by Gasteiger charge is -2.18. The molecule has 0 aliphatic carbocycles. The molecule has 0 fully saturated rings. The Kier molecular flexibility index (Phi) is 5.15. The summed E-state index contributed by atoms with van der Waals surface area (Å²) in [6, 6.07) is 12.6. The van der Waals surface area contributed by atoms with Gasteiger partial charge in [0, 0.05) is 12.4 Å². The Morgan fingerprint density at radius 3 is 2.43 bits per heavy atom. The predicted octanol–water partition coefficient (Wildman–Crippen LogP) is 1.76. The highest BCUT2D eigenvalue weighted by Gasteiger charge is 2.22. The molecule has 1 atom stereocenters. The van der Waals surface area contributed by atoms with Crippen LogP contribution in [0.2, 0.25) is 0 Å². The Morgan fingerprint density at radius 1 is 1.14 bits per heavy atom. The number of aromatic nitrogens is 1. The van der Waals surface area contributed by atoms with E-state index in [1.165, 1.54) is 0 Å². The number of nitrogens with one attached hydrogen (secondary N) is 1. The van der Waals surface area contributed by atoms with E-state index in [1.54, 1.807) is 11.5 Å². The van der Waals surface area contributed by atoms with E-state index in [1.807, 2.05) is 54.9 Å². The first-order chi connectivity index (χ1) is 10.2. The van der Waals surface area contributed by atoms with E-state index in [0.717, 1.165) is 5.56 Å². The predicted molar refractivity (Wildman–Crippen MR) is 78.7 cm³/mol. The number of carbonyl (C=O) groups is 2. The van der Waals surface area contributed by atoms with Crippen LogP contribution in [0.15, 0.2) is 54.9 Å². The van der Waals surface area contributed by atoms with Gasteiger partial charge in [-0.3, -0.25) is 9.59 Å². The van der Waals surface area contributed by atoms with E-state index >= 15 is 0 Å². The van der Waals surface area contributed by atoms with Gasteiger partial charge in [-0.25, -0.2) is 0 Å². The van der Waals surface area contributed by atoms with Gasteiger partial charge in [0.25, 0.3) is 0 Å². The van der Waals surface area contributed by atoms with Gasteiger partial charge in [0.05, 0.1) is 6.61 Å². The molecule has 0 aliphatic heterocycles. The molecule has 5 heteroatoms. The molecular weight excluding hydrogens is 268 g/mol. The number of rotatable bonds is 6. The minimum absolute atomic E-state index is 0.128. The highest BCUT2D eigenvalue weighted by molar-refractivity contribution is 5.87. The third-order valence-electron chi connectivity index (χ3n) is 3.00. The van der Waals surface area contributed by atoms with Crippen LogP contribution in [-0.4, -0.2) is 29.6 Å². The SMILES string of the molecule is CCOC(=O)CNC(=O)[C@@H](c1ccccc1)n1cccc1. The first-order valence-electron chi connectivity index (χ1n) is 6.83. The molecule has 21 heavy (non-hydrogen) atoms. The Balaban J connectivity index is 2.13. The summed E-state index contributed by atoms with van der Waals surface area (Å²) in [4.78, 5) is 23.8. The fourth-order valence-corrected chi connectivity index (χ4v) is 2.08. The van der Waals surface area contributed by atoms with Gasteiger partial charge in [0.15, 0.2) is 0 Å². The molecule has 1 N–H and O–H groups in total. The van der Waals surface area contributed by atoms with Crippen LogP contribution in [0.4, 0.5) is 0 Å². The minimum Gasteiger partial charge on any atom is -0.465 e. The average Bonchev–Trinajstić information content (AvgIpc) is 3.01. The number of benzene rings is 1. The lowest BCUT2D eigenvalue weighted by Crippen LogP contribution is -2.36. The molecule has 0 saturated carbocycles. The highest BCUT2D eigenvalue weighted by Crippen LogP contribution is 2.18. The van der Waals surface area contributed by atoms with Crippen molar-refractivity contribution in [1.29, 1.82) is 0 Å². The molecule has 0 bridgehead atoms. The molecule has 1 heterocycles. The van der Waals surface area contributed by atoms with Gasteiger partial charge >= 0.3 is 5.97 Å². The number of esters is 1. The van der Waals surface area contributed by atoms with Crippen LogP contribution in [0, 0.1) is 0 Å². The van der Waals surface area contributed by atoms with Crippen LogP contribution in [0.25, 0.3) is 0 Å². The van der Waals surface area contributed by atoms with Gasteiger partial charge in [-0.05, 0) is 24.6 Å². The van der Waals surface area contributed by atoms with E-state index in [0.29, 0.717) is 6.61 Å². The molecule has 1 aromatic carbocycles. The topological polar surface area (TPSA) is 60.3 Å². The van der Waals surface area contributed by atoms with Crippen molar-refractivity contribution in [2.45, 2.75) is 13.0 Å². The zero-order chi connectivity index (χ0) is 15.1. The molecule has 2 rings (SSSR count). The lowest BCUT2D eigenvalue weighted by molar-refractivity contribution is -0.143. The van der Waals surface area contributed by atoms with Crippen LogP contribution < -0.4 is 5.32 Å². The number of nitrogens with zero attached hydrogens (tertiary/aromatic N) is 1. The summed E-state index contributed by atoms with van der Waals surface area (Å²) in [7, 11) is 0. The molecule has 0 radical (unpaired) electrons. The van der Waals surface area contributed by atoms with Crippen LogP contribution in [0.1, 0.15) is 18.5 Å². The van der Waals surface area contributed by atoms with E-state index in [4.69, 9.17) is 4.74 Å². The van der Waals surface area contributed by atoms with Gasteiger partial charge in [-0.15, -0.1) is 0 Å². The molecule has 1 aromatic heterocycles. The largest absolute Gasteiger partial charge is 0.465 e. The van der Waals surface area contributed by atoms with Crippen molar-refractivity contribution in [2.24, 2.45) is 0 Å². The van der Waals surface area contributed by atoms with Crippen molar-refractivity contribution in [3.05, 3.63) is 60.4 Å². The zero-order valence-electron chi connectivity index (χ0n) is 11.9. The second kappa shape index (κ2) is 7.28. The maximum absolute atomic E-state index is 12.4. The summed E-state index contributed by atoms with van der Waals surface area (Å²) in [6.45, 7) is 1.90. The van der Waals surface area contributed by atoms with Crippen molar-refractivity contribution in [2.75, 3.05) is 13.2 Å². The molecular formula is C16H18N2O3. The monoisotopic (exact) mass is 286 g/mol. The standard InChI is InChI=1S/C16H18N2O3/c1-2-21-14(19)12-17-16(20)15(18-10-6-7-11-18)13-8-4-3-5-9-13/h3-11,15H,2,12H2,1H3,(H,17,20)/t15-/m1/s1. The molecule has 0 saturated heterocycles. The maximum Gasteiger partial charge on any atom is 0.325 e. The first-order valence-corrected chi connectivity index (χ1v) is 6.83. The number of carbonyl (C=O) groups excluding carboxylic acids is 2. The number of hydrogen-bond acceptors (Lipinski definition) is 3. The highest BCUT2D eigenvalue weighted by atomic mass is 16.5. The van der Waals surface area contributed by atoms with E-state index in [2.05, 4.69) is 5.32 Å². The maximum atomic E-state index is 12.4. The van der Waals surface area contributed by atoms with E-state index in [9.17, 15) is 9.59 Å². The Labute approximate surface area is 123 Å². The number of ether oxygens (including phenoxy) is 1. The van der Waals surface area contributed by atoms with Crippen LogP contribution in [0.3, 0.4) is 0 Å². The lowest BCUT2D eigenvalue weighted by atomic mass is 10.1. The zero-order valence-corrected chi connectivity index (χ0v) is 11.9. The van der Waals surface area contributed by atoms with Gasteiger partial charge in [0.1, 0.15) is 12.6 Å². The summed E-state index contributed by atoms with van der Waals surface area (Å²) in [6.07, 6.45) is 3.64. The second-order valence-corrected chi connectivity index (χ2v) is 4.47. The number of hydrogen-bond donors (Lipinski definition) is 1. The molecule has 0 unspecified atom stereocenters. The summed E-state index contributed by atoms with van der Waals surface area (Å²) in [5.41, 5.74) is 0.857. The van der Waals surface area contributed by atoms with Gasteiger partial charge in [0.2, 0.25) is 5.91 Å². The first kappa shape index (κ1) is 14.8. The molecule has 5 nitrogen and oxygen atoms in total. The smallest absolute Gasteiger partial charge is 0.325 e. The summed E-state index contributed by atoms with van der Waals surface area (Å²) < 4.78 is 6.61. The Morgan fingerprint density at radius 2 is 1.81 bits per heavy atom. The van der Waals surface area contributed by atoms with Crippen LogP contribution in [0.5, 0.6) is 0 Å². The molecule has 110 valence electrons. The van der Waals surface area contributed by atoms with Crippen molar-refractivity contribution in [3.8, 4) is 0 Å². The third-order valence-corrected chi connectivity index (χ3v) is 3.00. The summed E-state index contributed by atoms with van der Waals surface area (Å²) in [5, 5.41) is 2.62. The minimum atomic E-state index is -0.504. The normalized spacial score (nSPS) is 11.7. The molecule has 2 aromatic rings.